The van der Waals surface area contributed by atoms with Crippen molar-refractivity contribution in [1.29, 1.82) is 0 Å². The number of carbonyl (C=O) groups excluding carboxylic acids is 1. The minimum absolute atomic E-state index is 0.187. The van der Waals surface area contributed by atoms with Gasteiger partial charge >= 0.3 is 0 Å². The Hall–Kier alpha value is -1.52. The van der Waals surface area contributed by atoms with Crippen LogP contribution in [-0.4, -0.2) is 49.5 Å². The highest BCUT2D eigenvalue weighted by molar-refractivity contribution is 5.81. The van der Waals surface area contributed by atoms with E-state index in [1.807, 2.05) is 38.7 Å². The molecule has 5 heteroatoms. The maximum absolute atomic E-state index is 11.9. The summed E-state index contributed by atoms with van der Waals surface area (Å²) >= 11 is 0. The Bertz CT molecular complexity index is 309. The van der Waals surface area contributed by atoms with Gasteiger partial charge in [0.15, 0.2) is 5.96 Å². The second kappa shape index (κ2) is 12.5. The van der Waals surface area contributed by atoms with Crippen molar-refractivity contribution >= 4 is 11.9 Å². The zero-order valence-electron chi connectivity index (χ0n) is 13.4. The van der Waals surface area contributed by atoms with Gasteiger partial charge < -0.3 is 15.5 Å². The standard InChI is InChI=1S/C15H30N4O/c1-5-9-10-12-17-15(16-6-2)18-13-11-14(20)19(7-3)8-4/h5,9H,6-8,10-13H2,1-4H3,(H2,16,17,18)/b9-5+. The van der Waals surface area contributed by atoms with Crippen LogP contribution >= 0.6 is 0 Å². The normalized spacial score (nSPS) is 11.7. The predicted octanol–water partition coefficient (Wildman–Crippen LogP) is 1.77. The van der Waals surface area contributed by atoms with Crippen molar-refractivity contribution in [2.24, 2.45) is 4.99 Å². The van der Waals surface area contributed by atoms with Crippen molar-refractivity contribution in [2.75, 3.05) is 32.7 Å². The molecule has 0 unspecified atom stereocenters. The molecular formula is C15H30N4O. The van der Waals surface area contributed by atoms with E-state index in [4.69, 9.17) is 0 Å². The number of allylic oxidation sites excluding steroid dienone is 1. The minimum atomic E-state index is 0.187. The van der Waals surface area contributed by atoms with Crippen molar-refractivity contribution < 1.29 is 4.79 Å². The van der Waals surface area contributed by atoms with Crippen LogP contribution in [0.1, 0.15) is 40.5 Å². The lowest BCUT2D eigenvalue weighted by Gasteiger charge is -2.19. The fourth-order valence-corrected chi connectivity index (χ4v) is 1.78. The molecule has 0 fully saturated rings. The zero-order valence-corrected chi connectivity index (χ0v) is 13.4. The number of carbonyl (C=O) groups is 1. The summed E-state index contributed by atoms with van der Waals surface area (Å²) in [6.45, 7) is 11.8. The van der Waals surface area contributed by atoms with Gasteiger partial charge in [-0.3, -0.25) is 9.79 Å². The lowest BCUT2D eigenvalue weighted by Crippen LogP contribution is -2.40. The predicted molar refractivity (Wildman–Crippen MR) is 86.0 cm³/mol. The van der Waals surface area contributed by atoms with E-state index in [0.29, 0.717) is 13.0 Å². The molecule has 0 aliphatic heterocycles. The first-order chi connectivity index (χ1) is 9.69. The molecule has 0 atom stereocenters. The maximum atomic E-state index is 11.9. The van der Waals surface area contributed by atoms with Gasteiger partial charge in [-0.2, -0.15) is 0 Å². The van der Waals surface area contributed by atoms with Crippen molar-refractivity contribution in [3.05, 3.63) is 12.2 Å². The second-order valence-electron chi connectivity index (χ2n) is 4.36. The van der Waals surface area contributed by atoms with E-state index in [9.17, 15) is 4.79 Å². The summed E-state index contributed by atoms with van der Waals surface area (Å²) in [5, 5.41) is 6.38. The van der Waals surface area contributed by atoms with Crippen LogP contribution in [0.3, 0.4) is 0 Å². The van der Waals surface area contributed by atoms with Gasteiger partial charge in [0.05, 0.1) is 0 Å². The van der Waals surface area contributed by atoms with Crippen molar-refractivity contribution in [3.63, 3.8) is 0 Å². The molecule has 0 aliphatic carbocycles. The molecular weight excluding hydrogens is 252 g/mol. The molecule has 0 aromatic heterocycles. The Morgan fingerprint density at radius 2 is 1.90 bits per heavy atom. The highest BCUT2D eigenvalue weighted by atomic mass is 16.2. The molecule has 0 saturated carbocycles. The highest BCUT2D eigenvalue weighted by Crippen LogP contribution is 1.92. The average Bonchev–Trinajstić information content (AvgIpc) is 2.44. The molecule has 116 valence electrons. The lowest BCUT2D eigenvalue weighted by atomic mass is 10.3. The first-order valence-electron chi connectivity index (χ1n) is 7.60. The van der Waals surface area contributed by atoms with Crippen molar-refractivity contribution in [3.8, 4) is 0 Å². The Morgan fingerprint density at radius 1 is 1.20 bits per heavy atom. The lowest BCUT2D eigenvalue weighted by molar-refractivity contribution is -0.130. The summed E-state index contributed by atoms with van der Waals surface area (Å²) < 4.78 is 0. The zero-order chi connectivity index (χ0) is 15.2. The third-order valence-electron chi connectivity index (χ3n) is 2.89. The third-order valence-corrected chi connectivity index (χ3v) is 2.89. The molecule has 1 amide bonds. The summed E-state index contributed by atoms with van der Waals surface area (Å²) in [5.74, 6) is 0.969. The SMILES string of the molecule is C/C=C/CCN=C(NCC)NCCC(=O)N(CC)CC. The number of nitrogens with zero attached hydrogens (tertiary/aromatic N) is 2. The Kier molecular flexibility index (Phi) is 11.6. The Balaban J connectivity index is 4.10. The van der Waals surface area contributed by atoms with E-state index in [-0.39, 0.29) is 5.91 Å². The Morgan fingerprint density at radius 3 is 2.45 bits per heavy atom. The molecule has 0 heterocycles. The number of hydrogen-bond donors (Lipinski definition) is 2. The number of guanidine groups is 1. The molecule has 2 N–H and O–H groups in total. The second-order valence-corrected chi connectivity index (χ2v) is 4.36. The molecule has 0 saturated heterocycles. The molecule has 0 spiro atoms. The van der Waals surface area contributed by atoms with Crippen LogP contribution in [-0.2, 0) is 4.79 Å². The van der Waals surface area contributed by atoms with Gasteiger partial charge in [0, 0.05) is 39.1 Å². The fourth-order valence-electron chi connectivity index (χ4n) is 1.78. The van der Waals surface area contributed by atoms with E-state index in [1.165, 1.54) is 0 Å². The average molecular weight is 282 g/mol. The van der Waals surface area contributed by atoms with Crippen LogP contribution < -0.4 is 10.6 Å². The first-order valence-corrected chi connectivity index (χ1v) is 7.60. The molecule has 20 heavy (non-hydrogen) atoms. The first kappa shape index (κ1) is 18.5. The van der Waals surface area contributed by atoms with Crippen LogP contribution in [0.2, 0.25) is 0 Å². The van der Waals surface area contributed by atoms with E-state index >= 15 is 0 Å². The highest BCUT2D eigenvalue weighted by Gasteiger charge is 2.08. The summed E-state index contributed by atoms with van der Waals surface area (Å²) in [5.41, 5.74) is 0. The summed E-state index contributed by atoms with van der Waals surface area (Å²) in [4.78, 5) is 18.2. The van der Waals surface area contributed by atoms with Crippen LogP contribution in [0, 0.1) is 0 Å². The van der Waals surface area contributed by atoms with Crippen molar-refractivity contribution in [2.45, 2.75) is 40.5 Å². The van der Waals surface area contributed by atoms with Crippen molar-refractivity contribution in [1.82, 2.24) is 15.5 Å². The number of hydrogen-bond acceptors (Lipinski definition) is 2. The van der Waals surface area contributed by atoms with E-state index < -0.39 is 0 Å². The van der Waals surface area contributed by atoms with Gasteiger partial charge in [-0.25, -0.2) is 0 Å². The van der Waals surface area contributed by atoms with Gasteiger partial charge in [0.2, 0.25) is 5.91 Å². The summed E-state index contributed by atoms with van der Waals surface area (Å²) in [6, 6.07) is 0. The molecule has 5 nitrogen and oxygen atoms in total. The number of rotatable bonds is 9. The van der Waals surface area contributed by atoms with Gasteiger partial charge in [-0.05, 0) is 34.1 Å². The number of amides is 1. The van der Waals surface area contributed by atoms with E-state index in [0.717, 1.165) is 38.6 Å². The third kappa shape index (κ3) is 8.56. The summed E-state index contributed by atoms with van der Waals surface area (Å²) in [6.07, 6.45) is 5.56. The van der Waals surface area contributed by atoms with Crippen LogP contribution in [0.4, 0.5) is 0 Å². The molecule has 0 aromatic carbocycles. The number of nitrogens with one attached hydrogen (secondary N) is 2. The van der Waals surface area contributed by atoms with E-state index in [1.54, 1.807) is 0 Å². The monoisotopic (exact) mass is 282 g/mol. The summed E-state index contributed by atoms with van der Waals surface area (Å²) in [7, 11) is 0. The number of aliphatic imine (C=N–C) groups is 1. The van der Waals surface area contributed by atoms with Gasteiger partial charge in [-0.15, -0.1) is 0 Å². The largest absolute Gasteiger partial charge is 0.357 e. The molecule has 0 rings (SSSR count). The molecule has 0 aliphatic rings. The smallest absolute Gasteiger partial charge is 0.224 e. The molecule has 0 aromatic rings. The van der Waals surface area contributed by atoms with Gasteiger partial charge in [-0.1, -0.05) is 12.2 Å². The van der Waals surface area contributed by atoms with Crippen LogP contribution in [0.15, 0.2) is 17.1 Å². The van der Waals surface area contributed by atoms with E-state index in [2.05, 4.69) is 21.7 Å². The quantitative estimate of drug-likeness (QED) is 0.293. The van der Waals surface area contributed by atoms with Crippen LogP contribution in [0.25, 0.3) is 0 Å². The molecule has 0 bridgehead atoms. The fraction of sp³-hybridized carbons (Fsp3) is 0.733. The maximum Gasteiger partial charge on any atom is 0.224 e. The van der Waals surface area contributed by atoms with Gasteiger partial charge in [0.25, 0.3) is 0 Å². The topological polar surface area (TPSA) is 56.7 Å². The van der Waals surface area contributed by atoms with Crippen LogP contribution in [0.5, 0.6) is 0 Å². The Labute approximate surface area is 123 Å². The van der Waals surface area contributed by atoms with Gasteiger partial charge in [0.1, 0.15) is 0 Å². The minimum Gasteiger partial charge on any atom is -0.357 e. The molecule has 0 radical (unpaired) electrons.